The number of alkyl halides is 1. The summed E-state index contributed by atoms with van der Waals surface area (Å²) in [5, 5.41) is 2.61. The van der Waals surface area contributed by atoms with E-state index in [-0.39, 0.29) is 6.61 Å². The first-order valence-corrected chi connectivity index (χ1v) is 13.2. The van der Waals surface area contributed by atoms with E-state index in [1.807, 2.05) is 60.7 Å². The lowest BCUT2D eigenvalue weighted by atomic mass is 10.0. The zero-order valence-corrected chi connectivity index (χ0v) is 22.7. The van der Waals surface area contributed by atoms with E-state index in [1.165, 1.54) is 6.92 Å². The molecule has 3 aromatic rings. The predicted octanol–water partition coefficient (Wildman–Crippen LogP) is 3.82. The smallest absolute Gasteiger partial charge is 0.345 e. The Balaban J connectivity index is 1.55. The predicted molar refractivity (Wildman–Crippen MR) is 146 cm³/mol. The molecule has 10 heteroatoms. The number of benzene rings is 3. The molecule has 0 radical (unpaired) electrons. The minimum Gasteiger partial charge on any atom is -0.464 e. The van der Waals surface area contributed by atoms with Crippen molar-refractivity contribution in [2.75, 3.05) is 6.61 Å². The summed E-state index contributed by atoms with van der Waals surface area (Å²) in [5.74, 6) is -2.77. The van der Waals surface area contributed by atoms with Crippen LogP contribution >= 0.6 is 11.6 Å². The summed E-state index contributed by atoms with van der Waals surface area (Å²) in [6, 6.07) is 25.3. The molecule has 0 aliphatic carbocycles. The average Bonchev–Trinajstić information content (AvgIpc) is 2.99. The van der Waals surface area contributed by atoms with Gasteiger partial charge in [0.25, 0.3) is 11.8 Å². The van der Waals surface area contributed by atoms with Gasteiger partial charge in [0.2, 0.25) is 5.50 Å². The van der Waals surface area contributed by atoms with Gasteiger partial charge in [0.1, 0.15) is 0 Å². The number of nitrogens with zero attached hydrogens (tertiary/aromatic N) is 1. The van der Waals surface area contributed by atoms with Gasteiger partial charge in [0.15, 0.2) is 24.5 Å². The first-order chi connectivity index (χ1) is 19.3. The van der Waals surface area contributed by atoms with Crippen LogP contribution < -0.4 is 5.32 Å². The van der Waals surface area contributed by atoms with Gasteiger partial charge in [-0.15, -0.1) is 0 Å². The largest absolute Gasteiger partial charge is 0.464 e. The summed E-state index contributed by atoms with van der Waals surface area (Å²) in [6.45, 7) is 3.21. The van der Waals surface area contributed by atoms with Gasteiger partial charge in [0, 0.05) is 5.56 Å². The van der Waals surface area contributed by atoms with Crippen molar-refractivity contribution >= 4 is 35.4 Å². The second-order valence-corrected chi connectivity index (χ2v) is 9.37. The second-order valence-electron chi connectivity index (χ2n) is 8.96. The first-order valence-electron chi connectivity index (χ1n) is 12.8. The molecule has 1 N–H and O–H groups in total. The molecule has 1 aliphatic heterocycles. The third-order valence-electron chi connectivity index (χ3n) is 6.24. The Bertz CT molecular complexity index is 1280. The Morgan fingerprint density at radius 1 is 0.875 bits per heavy atom. The van der Waals surface area contributed by atoms with Crippen LogP contribution in [0, 0.1) is 0 Å². The van der Waals surface area contributed by atoms with E-state index < -0.39 is 53.7 Å². The summed E-state index contributed by atoms with van der Waals surface area (Å²) in [7, 11) is 0. The zero-order chi connectivity index (χ0) is 28.6. The third kappa shape index (κ3) is 6.50. The molecule has 2 amide bonds. The van der Waals surface area contributed by atoms with Crippen LogP contribution in [0.1, 0.15) is 41.4 Å². The summed E-state index contributed by atoms with van der Waals surface area (Å²) >= 11 is 6.51. The molecule has 1 unspecified atom stereocenters. The molecule has 9 nitrogen and oxygen atoms in total. The van der Waals surface area contributed by atoms with Crippen LogP contribution in [0.2, 0.25) is 0 Å². The Kier molecular flexibility index (Phi) is 9.52. The van der Waals surface area contributed by atoms with Gasteiger partial charge in [-0.25, -0.2) is 9.59 Å². The minimum atomic E-state index is -1.60. The van der Waals surface area contributed by atoms with Crippen LogP contribution in [0.5, 0.6) is 0 Å². The van der Waals surface area contributed by atoms with Crippen LogP contribution in [-0.2, 0) is 28.6 Å². The highest BCUT2D eigenvalue weighted by molar-refractivity contribution is 6.31. The van der Waals surface area contributed by atoms with Crippen LogP contribution in [0.3, 0.4) is 0 Å². The number of amides is 2. The van der Waals surface area contributed by atoms with Crippen molar-refractivity contribution in [3.05, 3.63) is 108 Å². The third-order valence-corrected chi connectivity index (χ3v) is 6.63. The number of hydrogen-bond donors (Lipinski definition) is 1. The van der Waals surface area contributed by atoms with Crippen molar-refractivity contribution in [1.82, 2.24) is 10.2 Å². The molecular formula is C30H29ClN2O7. The lowest BCUT2D eigenvalue weighted by Crippen LogP contribution is -2.74. The number of rotatable bonds is 11. The van der Waals surface area contributed by atoms with Gasteiger partial charge in [-0.05, 0) is 37.1 Å². The standard InChI is InChI=1S/C30H29ClN2O7/c1-3-38-29(36)19(2)39-28-23(32-26(34)22-17-11-6-12-18-22)27(35)33(28)25(31)30(37)40-24(20-13-7-4-8-14-20)21-15-9-5-10-16-21/h4-19,23-25,28H,3H2,1-2H3,(H,32,34)/t19-,23+,25?,28-/m1/s1. The highest BCUT2D eigenvalue weighted by Crippen LogP contribution is 2.32. The van der Waals surface area contributed by atoms with E-state index >= 15 is 0 Å². The highest BCUT2D eigenvalue weighted by atomic mass is 35.5. The normalized spacial score (nSPS) is 17.9. The highest BCUT2D eigenvalue weighted by Gasteiger charge is 2.55. The maximum atomic E-state index is 13.3. The zero-order valence-electron chi connectivity index (χ0n) is 21.9. The minimum absolute atomic E-state index is 0.124. The monoisotopic (exact) mass is 564 g/mol. The molecular weight excluding hydrogens is 536 g/mol. The fourth-order valence-corrected chi connectivity index (χ4v) is 4.47. The quantitative estimate of drug-likeness (QED) is 0.163. The molecule has 0 aromatic heterocycles. The molecule has 40 heavy (non-hydrogen) atoms. The van der Waals surface area contributed by atoms with E-state index in [2.05, 4.69) is 5.32 Å². The lowest BCUT2D eigenvalue weighted by Gasteiger charge is -2.48. The molecule has 0 spiro atoms. The van der Waals surface area contributed by atoms with Crippen molar-refractivity contribution in [2.24, 2.45) is 0 Å². The van der Waals surface area contributed by atoms with E-state index in [0.717, 1.165) is 4.90 Å². The SMILES string of the molecule is CCOC(=O)[C@@H](C)O[C@@H]1[C@@H](NC(=O)c2ccccc2)C(=O)N1C(Cl)C(=O)OC(c1ccccc1)c1ccccc1. The number of halogens is 1. The van der Waals surface area contributed by atoms with Crippen molar-refractivity contribution in [2.45, 2.75) is 43.8 Å². The molecule has 1 saturated heterocycles. The number of ether oxygens (including phenoxy) is 3. The average molecular weight is 565 g/mol. The number of esters is 2. The van der Waals surface area contributed by atoms with Crippen LogP contribution in [-0.4, -0.2) is 59.1 Å². The Hall–Kier alpha value is -4.21. The Labute approximate surface area is 237 Å². The number of hydrogen-bond acceptors (Lipinski definition) is 7. The molecule has 3 aromatic carbocycles. The molecule has 1 heterocycles. The van der Waals surface area contributed by atoms with E-state index in [1.54, 1.807) is 37.3 Å². The number of nitrogens with one attached hydrogen (secondary N) is 1. The molecule has 1 fully saturated rings. The summed E-state index contributed by atoms with van der Waals surface area (Å²) < 4.78 is 16.6. The fourth-order valence-electron chi connectivity index (χ4n) is 4.21. The topological polar surface area (TPSA) is 111 Å². The van der Waals surface area contributed by atoms with Crippen LogP contribution in [0.25, 0.3) is 0 Å². The van der Waals surface area contributed by atoms with E-state index in [4.69, 9.17) is 25.8 Å². The van der Waals surface area contributed by atoms with Gasteiger partial charge >= 0.3 is 11.9 Å². The number of likely N-dealkylation sites (tertiary alicyclic amines) is 1. The summed E-state index contributed by atoms with van der Waals surface area (Å²) in [6.07, 6.45) is -3.14. The molecule has 208 valence electrons. The maximum absolute atomic E-state index is 13.3. The van der Waals surface area contributed by atoms with Crippen molar-refractivity contribution in [1.29, 1.82) is 0 Å². The number of carbonyl (C=O) groups is 4. The van der Waals surface area contributed by atoms with Gasteiger partial charge in [-0.1, -0.05) is 90.5 Å². The van der Waals surface area contributed by atoms with E-state index in [0.29, 0.717) is 16.7 Å². The second kappa shape index (κ2) is 13.2. The van der Waals surface area contributed by atoms with Crippen molar-refractivity contribution < 1.29 is 33.4 Å². The molecule has 4 atom stereocenters. The number of carbonyl (C=O) groups excluding carboxylic acids is 4. The van der Waals surface area contributed by atoms with Crippen LogP contribution in [0.4, 0.5) is 0 Å². The number of β-lactam (4-membered cyclic amide) rings is 1. The van der Waals surface area contributed by atoms with Crippen molar-refractivity contribution in [3.63, 3.8) is 0 Å². The van der Waals surface area contributed by atoms with Crippen LogP contribution in [0.15, 0.2) is 91.0 Å². The summed E-state index contributed by atoms with van der Waals surface area (Å²) in [5.41, 5.74) is 0.128. The molecule has 1 aliphatic rings. The van der Waals surface area contributed by atoms with Gasteiger partial charge in [-0.2, -0.15) is 0 Å². The first kappa shape index (κ1) is 28.8. The molecule has 4 rings (SSSR count). The van der Waals surface area contributed by atoms with Gasteiger partial charge in [-0.3, -0.25) is 14.5 Å². The van der Waals surface area contributed by atoms with E-state index in [9.17, 15) is 19.2 Å². The van der Waals surface area contributed by atoms with Gasteiger partial charge in [0.05, 0.1) is 6.61 Å². The lowest BCUT2D eigenvalue weighted by molar-refractivity contribution is -0.205. The fraction of sp³-hybridized carbons (Fsp3) is 0.267. The Morgan fingerprint density at radius 2 is 1.40 bits per heavy atom. The van der Waals surface area contributed by atoms with Gasteiger partial charge < -0.3 is 19.5 Å². The Morgan fingerprint density at radius 3 is 1.93 bits per heavy atom. The maximum Gasteiger partial charge on any atom is 0.345 e. The van der Waals surface area contributed by atoms with Crippen molar-refractivity contribution in [3.8, 4) is 0 Å². The summed E-state index contributed by atoms with van der Waals surface area (Å²) in [4.78, 5) is 52.5. The molecule has 0 saturated carbocycles. The molecule has 0 bridgehead atoms.